The van der Waals surface area contributed by atoms with Gasteiger partial charge >= 0.3 is 0 Å². The monoisotopic (exact) mass is 346 g/mol. The molecule has 0 fully saturated rings. The van der Waals surface area contributed by atoms with Crippen LogP contribution in [0.3, 0.4) is 0 Å². The van der Waals surface area contributed by atoms with Crippen molar-refractivity contribution in [1.82, 2.24) is 9.55 Å². The molecule has 0 spiro atoms. The summed E-state index contributed by atoms with van der Waals surface area (Å²) < 4.78 is 2.79. The van der Waals surface area contributed by atoms with Crippen LogP contribution in [0.25, 0.3) is 16.6 Å². The first-order chi connectivity index (χ1) is 9.56. The van der Waals surface area contributed by atoms with E-state index >= 15 is 0 Å². The Morgan fingerprint density at radius 1 is 1.20 bits per heavy atom. The van der Waals surface area contributed by atoms with Gasteiger partial charge in [0.2, 0.25) is 0 Å². The molecule has 2 aromatic carbocycles. The summed E-state index contributed by atoms with van der Waals surface area (Å²) >= 11 is 8.71. The van der Waals surface area contributed by atoms with Crippen molar-refractivity contribution in [1.29, 1.82) is 0 Å². The van der Waals surface area contributed by atoms with Crippen LogP contribution in [0.15, 0.2) is 51.7 Å². The van der Waals surface area contributed by atoms with Gasteiger partial charge in [-0.3, -0.25) is 9.36 Å². The van der Waals surface area contributed by atoms with Gasteiger partial charge in [0.05, 0.1) is 16.6 Å². The first kappa shape index (κ1) is 13.3. The second kappa shape index (κ2) is 5.00. The van der Waals surface area contributed by atoms with E-state index in [-0.39, 0.29) is 5.56 Å². The Balaban J connectivity index is 2.42. The van der Waals surface area contributed by atoms with E-state index in [9.17, 15) is 4.79 Å². The first-order valence-corrected chi connectivity index (χ1v) is 7.28. The van der Waals surface area contributed by atoms with Gasteiger partial charge in [0.15, 0.2) is 4.77 Å². The molecule has 3 nitrogen and oxygen atoms in total. The number of fused-ring (bicyclic) bond motifs is 1. The first-order valence-electron chi connectivity index (χ1n) is 6.08. The molecule has 0 aliphatic rings. The van der Waals surface area contributed by atoms with Crippen LogP contribution in [0.4, 0.5) is 0 Å². The van der Waals surface area contributed by atoms with Crippen molar-refractivity contribution in [2.45, 2.75) is 6.92 Å². The topological polar surface area (TPSA) is 37.8 Å². The van der Waals surface area contributed by atoms with E-state index in [1.54, 1.807) is 6.07 Å². The highest BCUT2D eigenvalue weighted by molar-refractivity contribution is 9.10. The summed E-state index contributed by atoms with van der Waals surface area (Å²) in [7, 11) is 0. The molecule has 0 aliphatic carbocycles. The fourth-order valence-corrected chi connectivity index (χ4v) is 2.85. The summed E-state index contributed by atoms with van der Waals surface area (Å²) in [5.74, 6) is 0. The van der Waals surface area contributed by atoms with E-state index in [0.717, 1.165) is 21.2 Å². The Morgan fingerprint density at radius 2 is 2.00 bits per heavy atom. The minimum atomic E-state index is -0.115. The third-order valence-corrected chi connectivity index (χ3v) is 3.90. The third kappa shape index (κ3) is 2.23. The van der Waals surface area contributed by atoms with Crippen molar-refractivity contribution >= 4 is 39.1 Å². The van der Waals surface area contributed by atoms with E-state index in [1.165, 1.54) is 4.57 Å². The fraction of sp³-hybridized carbons (Fsp3) is 0.0667. The molecule has 0 unspecified atom stereocenters. The molecular formula is C15H11BrN2OS. The summed E-state index contributed by atoms with van der Waals surface area (Å²) in [6.07, 6.45) is 0. The highest BCUT2D eigenvalue weighted by Crippen LogP contribution is 2.17. The molecule has 100 valence electrons. The molecule has 0 bridgehead atoms. The molecular weight excluding hydrogens is 336 g/mol. The second-order valence-electron chi connectivity index (χ2n) is 4.60. The Morgan fingerprint density at radius 3 is 2.75 bits per heavy atom. The Hall–Kier alpha value is -1.72. The SMILES string of the molecule is Cc1cccc(-n2c(=S)[nH]c3ccc(Br)cc3c2=O)c1. The van der Waals surface area contributed by atoms with Crippen LogP contribution >= 0.6 is 28.1 Å². The largest absolute Gasteiger partial charge is 0.331 e. The van der Waals surface area contributed by atoms with E-state index in [2.05, 4.69) is 20.9 Å². The molecule has 3 rings (SSSR count). The molecule has 0 amide bonds. The Kier molecular flexibility index (Phi) is 3.31. The Bertz CT molecular complexity index is 927. The van der Waals surface area contributed by atoms with Gasteiger partial charge in [0, 0.05) is 4.47 Å². The quantitative estimate of drug-likeness (QED) is 0.673. The molecule has 1 heterocycles. The van der Waals surface area contributed by atoms with Gasteiger partial charge in [-0.05, 0) is 55.0 Å². The number of nitrogens with zero attached hydrogens (tertiary/aromatic N) is 1. The smallest absolute Gasteiger partial charge is 0.266 e. The lowest BCUT2D eigenvalue weighted by Gasteiger charge is -2.09. The van der Waals surface area contributed by atoms with Gasteiger partial charge in [0.1, 0.15) is 0 Å². The zero-order valence-corrected chi connectivity index (χ0v) is 13.1. The van der Waals surface area contributed by atoms with Crippen molar-refractivity contribution < 1.29 is 0 Å². The number of aromatic nitrogens is 2. The van der Waals surface area contributed by atoms with Crippen molar-refractivity contribution in [2.75, 3.05) is 0 Å². The van der Waals surface area contributed by atoms with Crippen molar-refractivity contribution in [3.63, 3.8) is 0 Å². The van der Waals surface area contributed by atoms with Crippen LogP contribution in [0.2, 0.25) is 0 Å². The maximum atomic E-state index is 12.7. The molecule has 0 saturated carbocycles. The molecule has 1 aromatic heterocycles. The van der Waals surface area contributed by atoms with Crippen molar-refractivity contribution in [2.24, 2.45) is 0 Å². The molecule has 0 radical (unpaired) electrons. The number of hydrogen-bond acceptors (Lipinski definition) is 2. The van der Waals surface area contributed by atoms with Gasteiger partial charge < -0.3 is 4.98 Å². The highest BCUT2D eigenvalue weighted by atomic mass is 79.9. The number of benzene rings is 2. The number of hydrogen-bond donors (Lipinski definition) is 1. The maximum absolute atomic E-state index is 12.7. The molecule has 3 aromatic rings. The summed E-state index contributed by atoms with van der Waals surface area (Å²) in [4.78, 5) is 15.8. The lowest BCUT2D eigenvalue weighted by molar-refractivity contribution is 0.938. The maximum Gasteiger partial charge on any atom is 0.266 e. The van der Waals surface area contributed by atoms with Crippen molar-refractivity contribution in [3.05, 3.63) is 67.6 Å². The fourth-order valence-electron chi connectivity index (χ4n) is 2.19. The van der Waals surface area contributed by atoms with Crippen molar-refractivity contribution in [3.8, 4) is 5.69 Å². The van der Waals surface area contributed by atoms with E-state index in [0.29, 0.717) is 10.2 Å². The van der Waals surface area contributed by atoms with E-state index < -0.39 is 0 Å². The zero-order valence-electron chi connectivity index (χ0n) is 10.7. The molecule has 5 heteroatoms. The van der Waals surface area contributed by atoms with Gasteiger partial charge in [-0.25, -0.2) is 0 Å². The summed E-state index contributed by atoms with van der Waals surface area (Å²) in [6.45, 7) is 1.99. The van der Waals surface area contributed by atoms with Gasteiger partial charge in [-0.15, -0.1) is 0 Å². The predicted octanol–water partition coefficient (Wildman–Crippen LogP) is 4.12. The van der Waals surface area contributed by atoms with Crippen LogP contribution < -0.4 is 5.56 Å². The predicted molar refractivity (Wildman–Crippen MR) is 87.2 cm³/mol. The van der Waals surface area contributed by atoms with Crippen LogP contribution in [-0.2, 0) is 0 Å². The molecule has 0 saturated heterocycles. The zero-order chi connectivity index (χ0) is 14.3. The van der Waals surface area contributed by atoms with Gasteiger partial charge in [0.25, 0.3) is 5.56 Å². The highest BCUT2D eigenvalue weighted by Gasteiger charge is 2.08. The normalized spacial score (nSPS) is 10.9. The van der Waals surface area contributed by atoms with Crippen LogP contribution in [0.1, 0.15) is 5.56 Å². The van der Waals surface area contributed by atoms with E-state index in [1.807, 2.05) is 43.3 Å². The molecule has 0 aliphatic heterocycles. The number of aromatic amines is 1. The molecule has 1 N–H and O–H groups in total. The number of H-pyrrole nitrogens is 1. The van der Waals surface area contributed by atoms with Gasteiger partial charge in [-0.2, -0.15) is 0 Å². The Labute approximate surface area is 129 Å². The second-order valence-corrected chi connectivity index (χ2v) is 5.90. The summed E-state index contributed by atoms with van der Waals surface area (Å²) in [5.41, 5.74) is 2.49. The summed E-state index contributed by atoms with van der Waals surface area (Å²) in [5, 5.41) is 0.606. The minimum absolute atomic E-state index is 0.115. The number of aryl methyl sites for hydroxylation is 1. The molecule has 20 heavy (non-hydrogen) atoms. The third-order valence-electron chi connectivity index (χ3n) is 3.12. The van der Waals surface area contributed by atoms with E-state index in [4.69, 9.17) is 12.2 Å². The number of rotatable bonds is 1. The number of halogens is 1. The summed E-state index contributed by atoms with van der Waals surface area (Å²) in [6, 6.07) is 13.2. The minimum Gasteiger partial charge on any atom is -0.331 e. The average Bonchev–Trinajstić information content (AvgIpc) is 2.40. The lowest BCUT2D eigenvalue weighted by atomic mass is 10.2. The lowest BCUT2D eigenvalue weighted by Crippen LogP contribution is -2.20. The van der Waals surface area contributed by atoms with Crippen LogP contribution in [0.5, 0.6) is 0 Å². The van der Waals surface area contributed by atoms with Gasteiger partial charge in [-0.1, -0.05) is 28.1 Å². The standard InChI is InChI=1S/C15H11BrN2OS/c1-9-3-2-4-11(7-9)18-14(19)12-8-10(16)5-6-13(12)17-15(18)20/h2-8H,1H3,(H,17,20). The number of nitrogens with one attached hydrogen (secondary N) is 1. The average molecular weight is 347 g/mol. The molecule has 0 atom stereocenters. The van der Waals surface area contributed by atoms with Crippen LogP contribution in [-0.4, -0.2) is 9.55 Å². The van der Waals surface area contributed by atoms with Crippen LogP contribution in [0, 0.1) is 11.7 Å².